The first kappa shape index (κ1) is 19.9. The SMILES string of the molecule is C[C@]12C=CC(=O)C=C1CC[C@@H]1[C@@H]2[C@@H](O)C[C@@]2(C)[C@H]1C[C@@H](CF)[C@]2(O)C(=O)CO. The Balaban J connectivity index is 1.79. The Bertz CT molecular complexity index is 775. The molecule has 0 aromatic rings. The quantitative estimate of drug-likeness (QED) is 0.680. The number of rotatable bonds is 3. The molecule has 0 aromatic carbocycles. The Morgan fingerprint density at radius 3 is 2.71 bits per heavy atom. The van der Waals surface area contributed by atoms with E-state index in [1.807, 2.05) is 13.0 Å². The molecule has 0 unspecified atom stereocenters. The van der Waals surface area contributed by atoms with Gasteiger partial charge in [0.25, 0.3) is 0 Å². The average molecular weight is 392 g/mol. The minimum atomic E-state index is -1.97. The molecule has 0 aromatic heterocycles. The zero-order chi connectivity index (χ0) is 20.5. The van der Waals surface area contributed by atoms with Gasteiger partial charge in [-0.05, 0) is 49.7 Å². The van der Waals surface area contributed by atoms with Crippen molar-refractivity contribution in [1.82, 2.24) is 0 Å². The van der Waals surface area contributed by atoms with Crippen LogP contribution >= 0.6 is 0 Å². The fourth-order valence-electron chi connectivity index (χ4n) is 7.33. The lowest BCUT2D eigenvalue weighted by Crippen LogP contribution is -2.63. The highest BCUT2D eigenvalue weighted by Crippen LogP contribution is 2.68. The van der Waals surface area contributed by atoms with Crippen LogP contribution in [0.3, 0.4) is 0 Å². The Morgan fingerprint density at radius 1 is 1.36 bits per heavy atom. The molecule has 5 nitrogen and oxygen atoms in total. The van der Waals surface area contributed by atoms with E-state index in [0.717, 1.165) is 12.0 Å². The predicted molar refractivity (Wildman–Crippen MR) is 99.9 cm³/mol. The van der Waals surface area contributed by atoms with E-state index in [9.17, 15) is 29.3 Å². The second kappa shape index (κ2) is 6.31. The lowest BCUT2D eigenvalue weighted by molar-refractivity contribution is -0.185. The van der Waals surface area contributed by atoms with E-state index in [0.29, 0.717) is 12.8 Å². The third-order valence-corrected chi connectivity index (χ3v) is 8.64. The molecule has 4 rings (SSSR count). The van der Waals surface area contributed by atoms with Crippen molar-refractivity contribution in [3.8, 4) is 0 Å². The molecular weight excluding hydrogens is 363 g/mol. The number of hydrogen-bond donors (Lipinski definition) is 3. The molecule has 154 valence electrons. The Labute approximate surface area is 164 Å². The van der Waals surface area contributed by atoms with E-state index >= 15 is 0 Å². The largest absolute Gasteiger partial charge is 0.393 e. The molecule has 0 saturated heterocycles. The van der Waals surface area contributed by atoms with Crippen molar-refractivity contribution in [3.05, 3.63) is 23.8 Å². The van der Waals surface area contributed by atoms with Crippen molar-refractivity contribution in [2.75, 3.05) is 13.3 Å². The third kappa shape index (κ3) is 2.28. The van der Waals surface area contributed by atoms with Crippen LogP contribution in [-0.2, 0) is 9.59 Å². The summed E-state index contributed by atoms with van der Waals surface area (Å²) < 4.78 is 13.9. The lowest BCUT2D eigenvalue weighted by atomic mass is 9.46. The van der Waals surface area contributed by atoms with Crippen molar-refractivity contribution in [3.63, 3.8) is 0 Å². The number of hydrogen-bond acceptors (Lipinski definition) is 5. The predicted octanol–water partition coefficient (Wildman–Crippen LogP) is 1.75. The number of aliphatic hydroxyl groups is 3. The van der Waals surface area contributed by atoms with Gasteiger partial charge in [-0.2, -0.15) is 0 Å². The first-order valence-electron chi connectivity index (χ1n) is 10.2. The van der Waals surface area contributed by atoms with Gasteiger partial charge >= 0.3 is 0 Å². The molecule has 0 bridgehead atoms. The molecule has 0 amide bonds. The van der Waals surface area contributed by atoms with Gasteiger partial charge in [-0.3, -0.25) is 14.0 Å². The molecule has 4 aliphatic carbocycles. The number of Topliss-reactive ketones (excluding diaryl/α,β-unsaturated/α-hetero) is 1. The van der Waals surface area contributed by atoms with Gasteiger partial charge in [-0.25, -0.2) is 0 Å². The maximum absolute atomic E-state index is 13.9. The fraction of sp³-hybridized carbons (Fsp3) is 0.727. The summed E-state index contributed by atoms with van der Waals surface area (Å²) in [4.78, 5) is 24.4. The fourth-order valence-corrected chi connectivity index (χ4v) is 7.33. The molecule has 6 heteroatoms. The second-order valence-electron chi connectivity index (χ2n) is 9.65. The van der Waals surface area contributed by atoms with Crippen LogP contribution in [0.1, 0.15) is 39.5 Å². The van der Waals surface area contributed by atoms with Gasteiger partial charge < -0.3 is 15.3 Å². The van der Waals surface area contributed by atoms with Gasteiger partial charge in [-0.15, -0.1) is 0 Å². The zero-order valence-corrected chi connectivity index (χ0v) is 16.4. The molecule has 0 aliphatic heterocycles. The van der Waals surface area contributed by atoms with E-state index in [1.165, 1.54) is 0 Å². The molecule has 0 spiro atoms. The maximum atomic E-state index is 13.9. The van der Waals surface area contributed by atoms with Gasteiger partial charge in [0.2, 0.25) is 0 Å². The summed E-state index contributed by atoms with van der Waals surface area (Å²) in [6, 6.07) is 0. The van der Waals surface area contributed by atoms with Crippen LogP contribution in [0.2, 0.25) is 0 Å². The summed E-state index contributed by atoms with van der Waals surface area (Å²) in [7, 11) is 0. The molecule has 8 atom stereocenters. The van der Waals surface area contributed by atoms with Gasteiger partial charge in [0.05, 0.1) is 12.8 Å². The Kier molecular flexibility index (Phi) is 4.49. The average Bonchev–Trinajstić information content (AvgIpc) is 2.89. The Morgan fingerprint density at radius 2 is 2.07 bits per heavy atom. The number of aliphatic hydroxyl groups excluding tert-OH is 2. The molecule has 0 heterocycles. The van der Waals surface area contributed by atoms with Gasteiger partial charge in [-0.1, -0.05) is 25.5 Å². The van der Waals surface area contributed by atoms with Crippen molar-refractivity contribution < 1.29 is 29.3 Å². The smallest absolute Gasteiger partial charge is 0.190 e. The minimum Gasteiger partial charge on any atom is -0.393 e. The van der Waals surface area contributed by atoms with Crippen LogP contribution in [0, 0.1) is 34.5 Å². The standard InChI is InChI=1S/C22H29FO5/c1-20-6-5-14(25)7-12(20)3-4-15-16-8-13(10-23)22(28,18(27)11-24)21(16,2)9-17(26)19(15)20/h5-7,13,15-17,19,24,26,28H,3-4,8-11H2,1-2H3/t13-,15-,16-,17-,19+,20-,21-,22-/m0/s1. The van der Waals surface area contributed by atoms with Gasteiger partial charge in [0.1, 0.15) is 12.2 Å². The highest BCUT2D eigenvalue weighted by Gasteiger charge is 2.71. The van der Waals surface area contributed by atoms with Crippen molar-refractivity contribution in [2.45, 2.75) is 51.2 Å². The molecular formula is C22H29FO5. The zero-order valence-electron chi connectivity index (χ0n) is 16.4. The van der Waals surface area contributed by atoms with E-state index < -0.39 is 47.5 Å². The molecule has 3 saturated carbocycles. The molecule has 3 fully saturated rings. The summed E-state index contributed by atoms with van der Waals surface area (Å²) in [5.74, 6) is -1.95. The maximum Gasteiger partial charge on any atom is 0.190 e. The number of carbonyl (C=O) groups is 2. The van der Waals surface area contributed by atoms with E-state index in [4.69, 9.17) is 0 Å². The van der Waals surface area contributed by atoms with Crippen molar-refractivity contribution in [2.24, 2.45) is 34.5 Å². The summed E-state index contributed by atoms with van der Waals surface area (Å²) in [5.41, 5.74) is -2.39. The van der Waals surface area contributed by atoms with Crippen molar-refractivity contribution >= 4 is 11.6 Å². The van der Waals surface area contributed by atoms with E-state index in [-0.39, 0.29) is 30.0 Å². The van der Waals surface area contributed by atoms with Gasteiger partial charge in [0.15, 0.2) is 11.6 Å². The summed E-state index contributed by atoms with van der Waals surface area (Å²) >= 11 is 0. The monoisotopic (exact) mass is 392 g/mol. The molecule has 28 heavy (non-hydrogen) atoms. The number of carbonyl (C=O) groups excluding carboxylic acids is 2. The van der Waals surface area contributed by atoms with Crippen LogP contribution in [-0.4, -0.2) is 51.9 Å². The first-order valence-corrected chi connectivity index (χ1v) is 10.2. The molecule has 3 N–H and O–H groups in total. The second-order valence-corrected chi connectivity index (χ2v) is 9.65. The number of fused-ring (bicyclic) bond motifs is 5. The van der Waals surface area contributed by atoms with Crippen LogP contribution in [0.5, 0.6) is 0 Å². The highest BCUT2D eigenvalue weighted by atomic mass is 19.1. The number of ketones is 2. The van der Waals surface area contributed by atoms with Crippen LogP contribution in [0.25, 0.3) is 0 Å². The van der Waals surface area contributed by atoms with Gasteiger partial charge in [0, 0.05) is 22.7 Å². The highest BCUT2D eigenvalue weighted by molar-refractivity contribution is 6.01. The summed E-state index contributed by atoms with van der Waals surface area (Å²) in [6.07, 6.45) is 6.28. The number of allylic oxidation sites excluding steroid dienone is 4. The Hall–Kier alpha value is -1.37. The topological polar surface area (TPSA) is 94.8 Å². The van der Waals surface area contributed by atoms with E-state index in [2.05, 4.69) is 0 Å². The van der Waals surface area contributed by atoms with E-state index in [1.54, 1.807) is 19.1 Å². The number of halogens is 1. The van der Waals surface area contributed by atoms with Crippen LogP contribution in [0.4, 0.5) is 4.39 Å². The first-order chi connectivity index (χ1) is 13.1. The van der Waals surface area contributed by atoms with Crippen LogP contribution < -0.4 is 0 Å². The summed E-state index contributed by atoms with van der Waals surface area (Å²) in [5, 5.41) is 32.0. The summed E-state index contributed by atoms with van der Waals surface area (Å²) in [6.45, 7) is 2.14. The van der Waals surface area contributed by atoms with Crippen molar-refractivity contribution in [1.29, 1.82) is 0 Å². The lowest BCUT2D eigenvalue weighted by Gasteiger charge is -2.59. The van der Waals surface area contributed by atoms with Crippen LogP contribution in [0.15, 0.2) is 23.8 Å². The third-order valence-electron chi connectivity index (χ3n) is 8.64. The number of alkyl halides is 1. The molecule has 0 radical (unpaired) electrons. The minimum absolute atomic E-state index is 0.00307. The molecule has 4 aliphatic rings. The normalized spacial score (nSPS) is 49.9.